The summed E-state index contributed by atoms with van der Waals surface area (Å²) in [6.45, 7) is 4.51. The molecule has 0 saturated carbocycles. The quantitative estimate of drug-likeness (QED) is 0.374. The van der Waals surface area contributed by atoms with E-state index in [0.717, 1.165) is 5.56 Å². The summed E-state index contributed by atoms with van der Waals surface area (Å²) in [6, 6.07) is 11.0. The van der Waals surface area contributed by atoms with Gasteiger partial charge in [-0.3, -0.25) is 4.79 Å². The van der Waals surface area contributed by atoms with Gasteiger partial charge in [0.05, 0.1) is 46.2 Å². The third-order valence-corrected chi connectivity index (χ3v) is 5.77. The lowest BCUT2D eigenvalue weighted by molar-refractivity contribution is -0.136. The van der Waals surface area contributed by atoms with E-state index in [4.69, 9.17) is 23.7 Å². The highest BCUT2D eigenvalue weighted by atomic mass is 16.5. The van der Waals surface area contributed by atoms with Crippen molar-refractivity contribution in [2.75, 3.05) is 41.6 Å². The molecule has 8 nitrogen and oxygen atoms in total. The molecule has 0 bridgehead atoms. The largest absolute Gasteiger partial charge is 0.493 e. The molecule has 186 valence electrons. The van der Waals surface area contributed by atoms with Crippen LogP contribution < -0.4 is 18.9 Å². The fourth-order valence-electron chi connectivity index (χ4n) is 3.99. The van der Waals surface area contributed by atoms with E-state index in [1.165, 1.54) is 7.11 Å². The minimum atomic E-state index is -0.561. The Kier molecular flexibility index (Phi) is 8.41. The SMILES string of the molecule is CCOc1ccc(/C=C2\C(=O)N(CCc3ccc(OC)c(OC)c3)C(C)=C2C(=O)OC)cc1OC. The van der Waals surface area contributed by atoms with Crippen molar-refractivity contribution < 1.29 is 33.3 Å². The Balaban J connectivity index is 1.92. The molecule has 35 heavy (non-hydrogen) atoms. The Morgan fingerprint density at radius 1 is 0.914 bits per heavy atom. The third-order valence-electron chi connectivity index (χ3n) is 5.77. The molecule has 1 aliphatic heterocycles. The molecule has 0 radical (unpaired) electrons. The van der Waals surface area contributed by atoms with Crippen LogP contribution in [-0.2, 0) is 20.7 Å². The zero-order chi connectivity index (χ0) is 25.5. The molecule has 0 aromatic heterocycles. The van der Waals surface area contributed by atoms with Crippen LogP contribution in [0.2, 0.25) is 0 Å². The zero-order valence-corrected chi connectivity index (χ0v) is 21.0. The second-order valence-electron chi connectivity index (χ2n) is 7.75. The molecule has 0 unspecified atom stereocenters. The molecule has 2 aromatic carbocycles. The number of amides is 1. The number of hydrogen-bond donors (Lipinski definition) is 0. The number of hydrogen-bond acceptors (Lipinski definition) is 7. The highest BCUT2D eigenvalue weighted by molar-refractivity contribution is 6.16. The van der Waals surface area contributed by atoms with Gasteiger partial charge >= 0.3 is 5.97 Å². The minimum absolute atomic E-state index is 0.248. The van der Waals surface area contributed by atoms with Gasteiger partial charge in [0.2, 0.25) is 0 Å². The summed E-state index contributed by atoms with van der Waals surface area (Å²) in [5.41, 5.74) is 2.73. The summed E-state index contributed by atoms with van der Waals surface area (Å²) in [4.78, 5) is 27.7. The van der Waals surface area contributed by atoms with Crippen LogP contribution in [0.25, 0.3) is 6.08 Å². The van der Waals surface area contributed by atoms with E-state index in [9.17, 15) is 9.59 Å². The summed E-state index contributed by atoms with van der Waals surface area (Å²) >= 11 is 0. The van der Waals surface area contributed by atoms with Gasteiger partial charge < -0.3 is 28.6 Å². The number of allylic oxidation sites excluding steroid dienone is 1. The van der Waals surface area contributed by atoms with E-state index >= 15 is 0 Å². The van der Waals surface area contributed by atoms with Crippen molar-refractivity contribution in [1.29, 1.82) is 0 Å². The molecule has 2 aromatic rings. The van der Waals surface area contributed by atoms with Crippen molar-refractivity contribution in [3.63, 3.8) is 0 Å². The Labute approximate surface area is 205 Å². The predicted octanol–water partition coefficient (Wildman–Crippen LogP) is 4.03. The Bertz CT molecular complexity index is 1170. The van der Waals surface area contributed by atoms with Gasteiger partial charge in [-0.05, 0) is 61.7 Å². The van der Waals surface area contributed by atoms with Gasteiger partial charge in [-0.15, -0.1) is 0 Å². The topological polar surface area (TPSA) is 83.5 Å². The molecule has 8 heteroatoms. The lowest BCUT2D eigenvalue weighted by atomic mass is 10.0. The first-order valence-electron chi connectivity index (χ1n) is 11.2. The molecule has 3 rings (SSSR count). The molecule has 0 aliphatic carbocycles. The number of rotatable bonds is 10. The van der Waals surface area contributed by atoms with Crippen molar-refractivity contribution in [3.05, 3.63) is 64.4 Å². The molecular formula is C27H31NO7. The molecule has 0 saturated heterocycles. The predicted molar refractivity (Wildman–Crippen MR) is 132 cm³/mol. The molecule has 0 spiro atoms. The monoisotopic (exact) mass is 481 g/mol. The minimum Gasteiger partial charge on any atom is -0.493 e. The fourth-order valence-corrected chi connectivity index (χ4v) is 3.99. The Morgan fingerprint density at radius 3 is 2.20 bits per heavy atom. The fraction of sp³-hybridized carbons (Fsp3) is 0.333. The number of ether oxygens (including phenoxy) is 5. The van der Waals surface area contributed by atoms with E-state index in [2.05, 4.69) is 0 Å². The average molecular weight is 482 g/mol. The van der Waals surface area contributed by atoms with Crippen molar-refractivity contribution >= 4 is 18.0 Å². The van der Waals surface area contributed by atoms with E-state index in [0.29, 0.717) is 53.8 Å². The van der Waals surface area contributed by atoms with Gasteiger partial charge in [-0.1, -0.05) is 12.1 Å². The van der Waals surface area contributed by atoms with Crippen LogP contribution in [0.15, 0.2) is 53.2 Å². The van der Waals surface area contributed by atoms with Crippen LogP contribution >= 0.6 is 0 Å². The van der Waals surface area contributed by atoms with E-state index in [1.54, 1.807) is 51.4 Å². The molecule has 1 aliphatic rings. The second-order valence-corrected chi connectivity index (χ2v) is 7.75. The molecule has 1 amide bonds. The van der Waals surface area contributed by atoms with E-state index in [-0.39, 0.29) is 17.1 Å². The van der Waals surface area contributed by atoms with Crippen LogP contribution in [0.3, 0.4) is 0 Å². The van der Waals surface area contributed by atoms with Crippen molar-refractivity contribution in [3.8, 4) is 23.0 Å². The lowest BCUT2D eigenvalue weighted by Gasteiger charge is -2.18. The van der Waals surface area contributed by atoms with Gasteiger partial charge in [0, 0.05) is 12.2 Å². The molecule has 0 N–H and O–H groups in total. The zero-order valence-electron chi connectivity index (χ0n) is 21.0. The lowest BCUT2D eigenvalue weighted by Crippen LogP contribution is -2.27. The smallest absolute Gasteiger partial charge is 0.340 e. The van der Waals surface area contributed by atoms with Crippen LogP contribution in [0.5, 0.6) is 23.0 Å². The average Bonchev–Trinajstić information content (AvgIpc) is 3.11. The maximum Gasteiger partial charge on any atom is 0.340 e. The summed E-state index contributed by atoms with van der Waals surface area (Å²) in [5, 5.41) is 0. The van der Waals surface area contributed by atoms with Gasteiger partial charge in [0.25, 0.3) is 5.91 Å². The van der Waals surface area contributed by atoms with E-state index in [1.807, 2.05) is 31.2 Å². The van der Waals surface area contributed by atoms with Crippen LogP contribution in [0.1, 0.15) is 25.0 Å². The van der Waals surface area contributed by atoms with Gasteiger partial charge in [0.1, 0.15) is 0 Å². The maximum atomic E-state index is 13.4. The summed E-state index contributed by atoms with van der Waals surface area (Å²) < 4.78 is 26.6. The molecular weight excluding hydrogens is 450 g/mol. The first kappa shape index (κ1) is 25.7. The first-order chi connectivity index (χ1) is 16.9. The molecule has 0 fully saturated rings. The van der Waals surface area contributed by atoms with Crippen molar-refractivity contribution in [1.82, 2.24) is 4.90 Å². The molecule has 0 atom stereocenters. The summed E-state index contributed by atoms with van der Waals surface area (Å²) in [7, 11) is 6.01. The first-order valence-corrected chi connectivity index (χ1v) is 11.2. The van der Waals surface area contributed by atoms with Crippen LogP contribution in [0, 0.1) is 0 Å². The number of carbonyl (C=O) groups is 2. The van der Waals surface area contributed by atoms with Crippen molar-refractivity contribution in [2.24, 2.45) is 0 Å². The highest BCUT2D eigenvalue weighted by Gasteiger charge is 2.36. The van der Waals surface area contributed by atoms with Crippen LogP contribution in [0.4, 0.5) is 0 Å². The standard InChI is InChI=1S/C27H31NO7/c1-7-35-22-11-9-19(16-24(22)33-5)14-20-25(27(30)34-6)17(2)28(26(20)29)13-12-18-8-10-21(31-3)23(15-18)32-4/h8-11,14-16H,7,12-13H2,1-6H3/b20-14-. The highest BCUT2D eigenvalue weighted by Crippen LogP contribution is 2.34. The molecule has 1 heterocycles. The van der Waals surface area contributed by atoms with Crippen molar-refractivity contribution in [2.45, 2.75) is 20.3 Å². The second kappa shape index (κ2) is 11.5. The maximum absolute atomic E-state index is 13.4. The number of benzene rings is 2. The normalized spacial score (nSPS) is 14.4. The number of methoxy groups -OCH3 is 4. The Morgan fingerprint density at radius 2 is 1.57 bits per heavy atom. The van der Waals surface area contributed by atoms with Gasteiger partial charge in [0.15, 0.2) is 23.0 Å². The van der Waals surface area contributed by atoms with Gasteiger partial charge in [-0.2, -0.15) is 0 Å². The van der Waals surface area contributed by atoms with Gasteiger partial charge in [-0.25, -0.2) is 4.79 Å². The number of esters is 1. The number of nitrogens with zero attached hydrogens (tertiary/aromatic N) is 1. The summed E-state index contributed by atoms with van der Waals surface area (Å²) in [6.07, 6.45) is 2.23. The number of carbonyl (C=O) groups excluding carboxylic acids is 2. The van der Waals surface area contributed by atoms with Crippen LogP contribution in [-0.4, -0.2) is 58.4 Å². The third kappa shape index (κ3) is 5.42. The van der Waals surface area contributed by atoms with E-state index < -0.39 is 5.97 Å². The Hall–Kier alpha value is -3.94. The summed E-state index contributed by atoms with van der Waals surface area (Å²) in [5.74, 6) is 1.56.